The molecule has 3 heterocycles. The summed E-state index contributed by atoms with van der Waals surface area (Å²) in [6.45, 7) is 8.16. The van der Waals surface area contributed by atoms with Crippen molar-refractivity contribution in [2.24, 2.45) is 0 Å². The van der Waals surface area contributed by atoms with Crippen LogP contribution in [0.25, 0.3) is 22.3 Å². The third-order valence-electron chi connectivity index (χ3n) is 3.80. The average molecular weight is 440 g/mol. The summed E-state index contributed by atoms with van der Waals surface area (Å²) in [6.07, 6.45) is 3.37. The van der Waals surface area contributed by atoms with Gasteiger partial charge in [-0.05, 0) is 40.2 Å². The van der Waals surface area contributed by atoms with Crippen LogP contribution in [0.4, 0.5) is 0 Å². The molecular formula is C17H20BrClN4OSi. The van der Waals surface area contributed by atoms with Crippen molar-refractivity contribution in [1.82, 2.24) is 19.7 Å². The zero-order valence-electron chi connectivity index (χ0n) is 14.5. The summed E-state index contributed by atoms with van der Waals surface area (Å²) in [5.74, 6) is 0. The molecule has 5 nitrogen and oxygen atoms in total. The van der Waals surface area contributed by atoms with E-state index < -0.39 is 8.07 Å². The summed E-state index contributed by atoms with van der Waals surface area (Å²) in [6, 6.07) is 6.87. The van der Waals surface area contributed by atoms with Gasteiger partial charge in [-0.2, -0.15) is 5.10 Å². The number of rotatable bonds is 6. The van der Waals surface area contributed by atoms with E-state index in [9.17, 15) is 0 Å². The largest absolute Gasteiger partial charge is 0.360 e. The van der Waals surface area contributed by atoms with Crippen molar-refractivity contribution in [2.75, 3.05) is 6.61 Å². The highest BCUT2D eigenvalue weighted by molar-refractivity contribution is 9.10. The number of nitrogens with zero attached hydrogens (tertiary/aromatic N) is 4. The molecule has 25 heavy (non-hydrogen) atoms. The lowest BCUT2D eigenvalue weighted by Crippen LogP contribution is -2.22. The van der Waals surface area contributed by atoms with Crippen molar-refractivity contribution in [3.63, 3.8) is 0 Å². The quantitative estimate of drug-likeness (QED) is 0.300. The first-order valence-corrected chi connectivity index (χ1v) is 12.9. The standard InChI is InChI=1S/C17H20BrClN4OSi/c1-25(2,3)8-7-24-11-23-14-5-4-6-20-17(14)16(22-23)12-9-15(18)21-10-13(12)19/h4-6,9-10H,7-8,11H2,1-3H3. The summed E-state index contributed by atoms with van der Waals surface area (Å²) in [5, 5.41) is 5.24. The van der Waals surface area contributed by atoms with Crippen LogP contribution < -0.4 is 0 Å². The number of hydrogen-bond donors (Lipinski definition) is 0. The molecule has 3 aromatic rings. The Kier molecular flexibility index (Phi) is 5.58. The molecule has 3 aromatic heterocycles. The van der Waals surface area contributed by atoms with Gasteiger partial charge in [0.25, 0.3) is 0 Å². The molecule has 0 atom stereocenters. The van der Waals surface area contributed by atoms with Gasteiger partial charge in [-0.25, -0.2) is 9.67 Å². The Morgan fingerprint density at radius 2 is 2.08 bits per heavy atom. The van der Waals surface area contributed by atoms with Gasteiger partial charge < -0.3 is 4.74 Å². The first-order chi connectivity index (χ1) is 11.8. The Bertz CT molecular complexity index is 894. The number of ether oxygens (including phenoxy) is 1. The van der Waals surface area contributed by atoms with Crippen LogP contribution in [0.2, 0.25) is 30.7 Å². The Morgan fingerprint density at radius 1 is 1.28 bits per heavy atom. The second-order valence-corrected chi connectivity index (χ2v) is 13.9. The molecule has 0 bridgehead atoms. The molecule has 0 saturated heterocycles. The molecule has 3 rings (SSSR count). The van der Waals surface area contributed by atoms with Crippen molar-refractivity contribution in [2.45, 2.75) is 32.4 Å². The van der Waals surface area contributed by atoms with E-state index in [2.05, 4.69) is 45.5 Å². The fourth-order valence-electron chi connectivity index (χ4n) is 2.41. The first-order valence-electron chi connectivity index (χ1n) is 8.06. The molecule has 0 aliphatic heterocycles. The lowest BCUT2D eigenvalue weighted by atomic mass is 10.1. The first kappa shape index (κ1) is 18.5. The van der Waals surface area contributed by atoms with Gasteiger partial charge >= 0.3 is 0 Å². The van der Waals surface area contributed by atoms with E-state index in [1.54, 1.807) is 12.4 Å². The predicted molar refractivity (Wildman–Crippen MR) is 108 cm³/mol. The molecule has 0 fully saturated rings. The van der Waals surface area contributed by atoms with E-state index in [0.29, 0.717) is 16.4 Å². The third kappa shape index (κ3) is 4.47. The summed E-state index contributed by atoms with van der Waals surface area (Å²) in [7, 11) is -1.11. The summed E-state index contributed by atoms with van der Waals surface area (Å²) in [4.78, 5) is 8.63. The molecule has 0 unspecified atom stereocenters. The second-order valence-electron chi connectivity index (χ2n) is 7.05. The van der Waals surface area contributed by atoms with E-state index >= 15 is 0 Å². The Morgan fingerprint density at radius 3 is 2.84 bits per heavy atom. The molecule has 0 spiro atoms. The minimum atomic E-state index is -1.11. The van der Waals surface area contributed by atoms with Crippen LogP contribution in [0.1, 0.15) is 0 Å². The lowest BCUT2D eigenvalue weighted by Gasteiger charge is -2.15. The summed E-state index contributed by atoms with van der Waals surface area (Å²) < 4.78 is 8.41. The molecule has 132 valence electrons. The van der Waals surface area contributed by atoms with Crippen LogP contribution in [-0.2, 0) is 11.5 Å². The number of fused-ring (bicyclic) bond motifs is 1. The van der Waals surface area contributed by atoms with Gasteiger partial charge in [-0.1, -0.05) is 31.2 Å². The van der Waals surface area contributed by atoms with Crippen molar-refractivity contribution in [3.8, 4) is 11.3 Å². The predicted octanol–water partition coefficient (Wildman–Crippen LogP) is 5.22. The molecule has 0 aliphatic rings. The molecule has 0 aliphatic carbocycles. The maximum atomic E-state index is 6.33. The molecule has 0 amide bonds. The average Bonchev–Trinajstić information content (AvgIpc) is 2.92. The molecular weight excluding hydrogens is 420 g/mol. The number of pyridine rings is 2. The van der Waals surface area contributed by atoms with Gasteiger partial charge in [0, 0.05) is 32.6 Å². The number of halogens is 2. The third-order valence-corrected chi connectivity index (χ3v) is 6.24. The highest BCUT2D eigenvalue weighted by Gasteiger charge is 2.17. The van der Waals surface area contributed by atoms with Crippen LogP contribution in [0.15, 0.2) is 35.2 Å². The highest BCUT2D eigenvalue weighted by atomic mass is 79.9. The van der Waals surface area contributed by atoms with Crippen LogP contribution in [0, 0.1) is 0 Å². The number of hydrogen-bond acceptors (Lipinski definition) is 4. The maximum absolute atomic E-state index is 6.33. The molecule has 8 heteroatoms. The summed E-state index contributed by atoms with van der Waals surface area (Å²) >= 11 is 9.72. The monoisotopic (exact) mass is 438 g/mol. The van der Waals surface area contributed by atoms with Crippen molar-refractivity contribution in [1.29, 1.82) is 0 Å². The van der Waals surface area contributed by atoms with Crippen LogP contribution >= 0.6 is 27.5 Å². The van der Waals surface area contributed by atoms with E-state index in [-0.39, 0.29) is 0 Å². The number of aromatic nitrogens is 4. The van der Waals surface area contributed by atoms with Crippen molar-refractivity contribution >= 4 is 46.6 Å². The van der Waals surface area contributed by atoms with Gasteiger partial charge in [-0.3, -0.25) is 4.98 Å². The van der Waals surface area contributed by atoms with Gasteiger partial charge in [0.2, 0.25) is 0 Å². The van der Waals surface area contributed by atoms with E-state index in [1.165, 1.54) is 0 Å². The van der Waals surface area contributed by atoms with Gasteiger partial charge in [0.1, 0.15) is 22.5 Å². The maximum Gasteiger partial charge on any atom is 0.140 e. The van der Waals surface area contributed by atoms with E-state index in [0.717, 1.165) is 34.9 Å². The van der Waals surface area contributed by atoms with Crippen LogP contribution in [-0.4, -0.2) is 34.4 Å². The Balaban J connectivity index is 1.92. The molecule has 0 radical (unpaired) electrons. The zero-order valence-corrected chi connectivity index (χ0v) is 17.8. The fourth-order valence-corrected chi connectivity index (χ4v) is 3.69. The summed E-state index contributed by atoms with van der Waals surface area (Å²) in [5.41, 5.74) is 3.26. The zero-order chi connectivity index (χ0) is 18.0. The molecule has 0 N–H and O–H groups in total. The second kappa shape index (κ2) is 7.53. The molecule has 0 saturated carbocycles. The highest BCUT2D eigenvalue weighted by Crippen LogP contribution is 2.32. The topological polar surface area (TPSA) is 52.8 Å². The van der Waals surface area contributed by atoms with Crippen molar-refractivity contribution in [3.05, 3.63) is 40.2 Å². The smallest absolute Gasteiger partial charge is 0.140 e. The molecule has 0 aromatic carbocycles. The Hall–Kier alpha value is -1.28. The van der Waals surface area contributed by atoms with E-state index in [1.807, 2.05) is 22.9 Å². The Labute approximate surface area is 161 Å². The van der Waals surface area contributed by atoms with Crippen LogP contribution in [0.5, 0.6) is 0 Å². The normalized spacial score (nSPS) is 12.0. The lowest BCUT2D eigenvalue weighted by molar-refractivity contribution is 0.0818. The van der Waals surface area contributed by atoms with E-state index in [4.69, 9.17) is 21.4 Å². The minimum absolute atomic E-state index is 0.399. The van der Waals surface area contributed by atoms with Gasteiger partial charge in [-0.15, -0.1) is 0 Å². The van der Waals surface area contributed by atoms with Gasteiger partial charge in [0.15, 0.2) is 0 Å². The van der Waals surface area contributed by atoms with Crippen molar-refractivity contribution < 1.29 is 4.74 Å². The van der Waals surface area contributed by atoms with Gasteiger partial charge in [0.05, 0.1) is 10.5 Å². The van der Waals surface area contributed by atoms with Crippen LogP contribution in [0.3, 0.4) is 0 Å². The fraction of sp³-hybridized carbons (Fsp3) is 0.353. The SMILES string of the molecule is C[Si](C)(C)CCOCn1nc(-c2cc(Br)ncc2Cl)c2ncccc21. The minimum Gasteiger partial charge on any atom is -0.360 e.